The molecule has 0 bridgehead atoms. The van der Waals surface area contributed by atoms with Crippen LogP contribution in [0, 0.1) is 12.8 Å². The molecule has 5 nitrogen and oxygen atoms in total. The molecule has 0 spiro atoms. The van der Waals surface area contributed by atoms with Crippen LogP contribution in [0.3, 0.4) is 0 Å². The second-order valence-corrected chi connectivity index (χ2v) is 5.86. The molecule has 5 heteroatoms. The number of aryl methyl sites for hydroxylation is 1. The number of aromatic nitrogens is 2. The molecule has 1 heterocycles. The maximum Gasteiger partial charge on any atom is 0.218 e. The molecule has 1 aliphatic carbocycles. The van der Waals surface area contributed by atoms with Crippen molar-refractivity contribution in [3.8, 4) is 5.88 Å². The zero-order valence-electron chi connectivity index (χ0n) is 12.8. The van der Waals surface area contributed by atoms with E-state index in [0.29, 0.717) is 19.0 Å². The third-order valence-electron chi connectivity index (χ3n) is 4.12. The van der Waals surface area contributed by atoms with E-state index in [1.807, 2.05) is 19.9 Å². The van der Waals surface area contributed by atoms with Gasteiger partial charge in [0.15, 0.2) is 0 Å². The number of nitrogens with two attached hydrogens (primary N) is 1. The Morgan fingerprint density at radius 2 is 2.10 bits per heavy atom. The van der Waals surface area contributed by atoms with Crippen LogP contribution in [-0.4, -0.2) is 28.7 Å². The van der Waals surface area contributed by atoms with Crippen molar-refractivity contribution in [2.24, 2.45) is 11.7 Å². The third kappa shape index (κ3) is 3.60. The van der Waals surface area contributed by atoms with Crippen molar-refractivity contribution in [1.29, 1.82) is 0 Å². The summed E-state index contributed by atoms with van der Waals surface area (Å²) in [5.74, 6) is 2.96. The van der Waals surface area contributed by atoms with Crippen LogP contribution in [0.2, 0.25) is 0 Å². The number of nitrogens with zero attached hydrogens (tertiary/aromatic N) is 2. The number of anilines is 1. The van der Waals surface area contributed by atoms with Crippen LogP contribution in [0.15, 0.2) is 6.07 Å². The summed E-state index contributed by atoms with van der Waals surface area (Å²) in [7, 11) is 0. The molecule has 112 valence electrons. The second kappa shape index (κ2) is 6.39. The first kappa shape index (κ1) is 15.0. The molecule has 0 unspecified atom stereocenters. The smallest absolute Gasteiger partial charge is 0.218 e. The zero-order valence-corrected chi connectivity index (χ0v) is 12.8. The molecule has 1 aromatic heterocycles. The summed E-state index contributed by atoms with van der Waals surface area (Å²) in [4.78, 5) is 8.74. The lowest BCUT2D eigenvalue weighted by Crippen LogP contribution is -2.48. The number of rotatable bonds is 5. The van der Waals surface area contributed by atoms with E-state index in [-0.39, 0.29) is 5.54 Å². The Balaban J connectivity index is 2.14. The lowest BCUT2D eigenvalue weighted by atomic mass is 9.77. The van der Waals surface area contributed by atoms with Gasteiger partial charge in [-0.2, -0.15) is 4.98 Å². The van der Waals surface area contributed by atoms with E-state index in [1.54, 1.807) is 0 Å². The predicted octanol–water partition coefficient (Wildman–Crippen LogP) is 2.50. The molecule has 1 aromatic rings. The average Bonchev–Trinajstić information content (AvgIpc) is 2.41. The van der Waals surface area contributed by atoms with E-state index in [2.05, 4.69) is 22.2 Å². The van der Waals surface area contributed by atoms with Crippen LogP contribution in [0.5, 0.6) is 5.88 Å². The van der Waals surface area contributed by atoms with Gasteiger partial charge in [-0.3, -0.25) is 0 Å². The van der Waals surface area contributed by atoms with E-state index in [0.717, 1.165) is 30.4 Å². The maximum absolute atomic E-state index is 6.03. The Labute approximate surface area is 121 Å². The van der Waals surface area contributed by atoms with Gasteiger partial charge in [-0.05, 0) is 45.4 Å². The molecule has 0 aromatic carbocycles. The van der Waals surface area contributed by atoms with Gasteiger partial charge in [-0.25, -0.2) is 4.98 Å². The lowest BCUT2D eigenvalue weighted by molar-refractivity contribution is 0.271. The SMILES string of the molecule is CCOc1cc(NC2(CN)CCC(C)CC2)nc(C)n1. The van der Waals surface area contributed by atoms with Crippen LogP contribution in [0.1, 0.15) is 45.4 Å². The van der Waals surface area contributed by atoms with Crippen molar-refractivity contribution in [1.82, 2.24) is 9.97 Å². The van der Waals surface area contributed by atoms with E-state index < -0.39 is 0 Å². The molecule has 1 fully saturated rings. The topological polar surface area (TPSA) is 73.1 Å². The van der Waals surface area contributed by atoms with Crippen LogP contribution >= 0.6 is 0 Å². The van der Waals surface area contributed by atoms with E-state index in [4.69, 9.17) is 10.5 Å². The summed E-state index contributed by atoms with van der Waals surface area (Å²) in [6.45, 7) is 7.38. The highest BCUT2D eigenvalue weighted by Crippen LogP contribution is 2.34. The third-order valence-corrected chi connectivity index (χ3v) is 4.12. The summed E-state index contributed by atoms with van der Waals surface area (Å²) in [6.07, 6.45) is 4.62. The summed E-state index contributed by atoms with van der Waals surface area (Å²) < 4.78 is 5.48. The first-order valence-electron chi connectivity index (χ1n) is 7.53. The van der Waals surface area contributed by atoms with Gasteiger partial charge in [0.2, 0.25) is 5.88 Å². The Hall–Kier alpha value is -1.36. The molecule has 20 heavy (non-hydrogen) atoms. The van der Waals surface area contributed by atoms with E-state index >= 15 is 0 Å². The van der Waals surface area contributed by atoms with Crippen LogP contribution in [-0.2, 0) is 0 Å². The predicted molar refractivity (Wildman–Crippen MR) is 81.0 cm³/mol. The van der Waals surface area contributed by atoms with Crippen molar-refractivity contribution in [3.63, 3.8) is 0 Å². The quantitative estimate of drug-likeness (QED) is 0.865. The molecule has 2 rings (SSSR count). The molecular formula is C15H26N4O. The Morgan fingerprint density at radius 3 is 2.70 bits per heavy atom. The first-order chi connectivity index (χ1) is 9.57. The molecule has 0 atom stereocenters. The van der Waals surface area contributed by atoms with Crippen molar-refractivity contribution >= 4 is 5.82 Å². The summed E-state index contributed by atoms with van der Waals surface area (Å²) in [5.41, 5.74) is 6.00. The van der Waals surface area contributed by atoms with Crippen molar-refractivity contribution < 1.29 is 4.74 Å². The fourth-order valence-corrected chi connectivity index (χ4v) is 2.79. The Bertz CT molecular complexity index is 441. The molecule has 1 saturated carbocycles. The Morgan fingerprint density at radius 1 is 1.40 bits per heavy atom. The van der Waals surface area contributed by atoms with Crippen LogP contribution < -0.4 is 15.8 Å². The van der Waals surface area contributed by atoms with E-state index in [9.17, 15) is 0 Å². The van der Waals surface area contributed by atoms with Gasteiger partial charge in [-0.15, -0.1) is 0 Å². The van der Waals surface area contributed by atoms with Gasteiger partial charge in [0.05, 0.1) is 12.1 Å². The molecule has 1 aliphatic rings. The largest absolute Gasteiger partial charge is 0.478 e. The maximum atomic E-state index is 6.03. The minimum absolute atomic E-state index is 0.0310. The normalized spacial score (nSPS) is 26.3. The first-order valence-corrected chi connectivity index (χ1v) is 7.53. The summed E-state index contributed by atoms with van der Waals surface area (Å²) >= 11 is 0. The van der Waals surface area contributed by atoms with Crippen molar-refractivity contribution in [3.05, 3.63) is 11.9 Å². The zero-order chi connectivity index (χ0) is 14.6. The number of ether oxygens (including phenoxy) is 1. The number of hydrogen-bond donors (Lipinski definition) is 2. The van der Waals surface area contributed by atoms with Gasteiger partial charge in [0, 0.05) is 12.6 Å². The van der Waals surface area contributed by atoms with Crippen molar-refractivity contribution in [2.75, 3.05) is 18.5 Å². The molecule has 0 aliphatic heterocycles. The monoisotopic (exact) mass is 278 g/mol. The van der Waals surface area contributed by atoms with Gasteiger partial charge in [0.1, 0.15) is 11.6 Å². The van der Waals surface area contributed by atoms with Crippen LogP contribution in [0.25, 0.3) is 0 Å². The molecule has 3 N–H and O–H groups in total. The lowest BCUT2D eigenvalue weighted by Gasteiger charge is -2.39. The highest BCUT2D eigenvalue weighted by atomic mass is 16.5. The highest BCUT2D eigenvalue weighted by molar-refractivity contribution is 5.41. The number of hydrogen-bond acceptors (Lipinski definition) is 5. The standard InChI is InChI=1S/C15H26N4O/c1-4-20-14-9-13(17-12(3)18-14)19-15(10-16)7-5-11(2)6-8-15/h9,11H,4-8,10,16H2,1-3H3,(H,17,18,19). The fourth-order valence-electron chi connectivity index (χ4n) is 2.79. The minimum Gasteiger partial charge on any atom is -0.478 e. The van der Waals surface area contributed by atoms with Gasteiger partial charge < -0.3 is 15.8 Å². The molecular weight excluding hydrogens is 252 g/mol. The van der Waals surface area contributed by atoms with Gasteiger partial charge in [-0.1, -0.05) is 6.92 Å². The summed E-state index contributed by atoms with van der Waals surface area (Å²) in [5, 5.41) is 3.55. The fraction of sp³-hybridized carbons (Fsp3) is 0.733. The molecule has 0 saturated heterocycles. The highest BCUT2D eigenvalue weighted by Gasteiger charge is 2.33. The minimum atomic E-state index is -0.0310. The Kier molecular flexibility index (Phi) is 4.81. The summed E-state index contributed by atoms with van der Waals surface area (Å²) in [6, 6.07) is 1.87. The van der Waals surface area contributed by atoms with Crippen molar-refractivity contribution in [2.45, 2.75) is 52.0 Å². The average molecular weight is 278 g/mol. The van der Waals surface area contributed by atoms with Crippen LogP contribution in [0.4, 0.5) is 5.82 Å². The molecule has 0 amide bonds. The van der Waals surface area contributed by atoms with Gasteiger partial charge >= 0.3 is 0 Å². The number of nitrogens with one attached hydrogen (secondary N) is 1. The molecule has 0 radical (unpaired) electrons. The van der Waals surface area contributed by atoms with Gasteiger partial charge in [0.25, 0.3) is 0 Å². The second-order valence-electron chi connectivity index (χ2n) is 5.86. The van der Waals surface area contributed by atoms with E-state index in [1.165, 1.54) is 12.8 Å².